The van der Waals surface area contributed by atoms with Gasteiger partial charge < -0.3 is 4.74 Å². The Morgan fingerprint density at radius 2 is 2.13 bits per heavy atom. The Hall–Kier alpha value is -1.90. The fourth-order valence-electron chi connectivity index (χ4n) is 1.87. The van der Waals surface area contributed by atoms with Gasteiger partial charge in [0.15, 0.2) is 5.75 Å². The second kappa shape index (κ2) is 3.05. The predicted octanol–water partition coefficient (Wildman–Crippen LogP) is 2.09. The molecule has 1 aliphatic heterocycles. The largest absolute Gasteiger partial charge is 0.424 e. The summed E-state index contributed by atoms with van der Waals surface area (Å²) in [6.07, 6.45) is 2.93. The minimum absolute atomic E-state index is 0.166. The van der Waals surface area contributed by atoms with Gasteiger partial charge in [0, 0.05) is 11.6 Å². The lowest BCUT2D eigenvalue weighted by Gasteiger charge is -2.16. The van der Waals surface area contributed by atoms with E-state index in [1.807, 2.05) is 24.3 Å². The first-order valence-corrected chi connectivity index (χ1v) is 4.92. The molecular formula is C12H9NO2. The highest BCUT2D eigenvalue weighted by Gasteiger charge is 2.19. The molecule has 0 saturated heterocycles. The molecule has 3 rings (SSSR count). The molecule has 0 bridgehead atoms. The van der Waals surface area contributed by atoms with Gasteiger partial charge in [-0.05, 0) is 18.1 Å². The first-order valence-electron chi connectivity index (χ1n) is 4.92. The van der Waals surface area contributed by atoms with Gasteiger partial charge in [-0.15, -0.1) is 0 Å². The summed E-state index contributed by atoms with van der Waals surface area (Å²) in [6.45, 7) is 0. The second-order valence-corrected chi connectivity index (χ2v) is 3.60. The SMILES string of the molecule is O=C1CCc2ccc3cccnc3c2O1. The minimum atomic E-state index is -0.166. The van der Waals surface area contributed by atoms with E-state index >= 15 is 0 Å². The van der Waals surface area contributed by atoms with E-state index in [1.54, 1.807) is 6.20 Å². The smallest absolute Gasteiger partial charge is 0.311 e. The van der Waals surface area contributed by atoms with E-state index in [-0.39, 0.29) is 5.97 Å². The third-order valence-corrected chi connectivity index (χ3v) is 2.62. The van der Waals surface area contributed by atoms with Gasteiger partial charge in [-0.2, -0.15) is 0 Å². The fraction of sp³-hybridized carbons (Fsp3) is 0.167. The molecule has 3 nitrogen and oxygen atoms in total. The molecule has 3 heteroatoms. The van der Waals surface area contributed by atoms with Crippen LogP contribution in [-0.2, 0) is 11.2 Å². The molecule has 0 saturated carbocycles. The van der Waals surface area contributed by atoms with Crippen LogP contribution in [0.1, 0.15) is 12.0 Å². The number of hydrogen-bond donors (Lipinski definition) is 0. The number of carbonyl (C=O) groups excluding carboxylic acids is 1. The minimum Gasteiger partial charge on any atom is -0.424 e. The highest BCUT2D eigenvalue weighted by atomic mass is 16.5. The van der Waals surface area contributed by atoms with Crippen molar-refractivity contribution in [2.75, 3.05) is 0 Å². The standard InChI is InChI=1S/C12H9NO2/c14-10-6-5-9-4-3-8-2-1-7-13-11(8)12(9)15-10/h1-4,7H,5-6H2. The molecule has 1 aromatic carbocycles. The number of rotatable bonds is 0. The topological polar surface area (TPSA) is 39.2 Å². The summed E-state index contributed by atoms with van der Waals surface area (Å²) in [7, 11) is 0. The number of carbonyl (C=O) groups is 1. The van der Waals surface area contributed by atoms with Gasteiger partial charge in [0.25, 0.3) is 0 Å². The number of aryl methyl sites for hydroxylation is 1. The summed E-state index contributed by atoms with van der Waals surface area (Å²) in [4.78, 5) is 15.5. The lowest BCUT2D eigenvalue weighted by atomic mass is 10.0. The highest BCUT2D eigenvalue weighted by Crippen LogP contribution is 2.32. The normalized spacial score (nSPS) is 14.8. The molecule has 0 radical (unpaired) electrons. The van der Waals surface area contributed by atoms with Crippen LogP contribution in [0, 0.1) is 0 Å². The molecule has 0 spiro atoms. The van der Waals surface area contributed by atoms with Crippen LogP contribution in [0.25, 0.3) is 10.9 Å². The van der Waals surface area contributed by atoms with Crippen molar-refractivity contribution >= 4 is 16.9 Å². The number of hydrogen-bond acceptors (Lipinski definition) is 3. The molecule has 1 aliphatic rings. The maximum atomic E-state index is 11.2. The first-order chi connectivity index (χ1) is 7.34. The van der Waals surface area contributed by atoms with Crippen molar-refractivity contribution in [1.82, 2.24) is 4.98 Å². The Morgan fingerprint density at radius 1 is 1.20 bits per heavy atom. The molecule has 1 aromatic heterocycles. The van der Waals surface area contributed by atoms with Crippen molar-refractivity contribution in [3.63, 3.8) is 0 Å². The lowest BCUT2D eigenvalue weighted by Crippen LogP contribution is -2.16. The Labute approximate surface area is 86.7 Å². The summed E-state index contributed by atoms with van der Waals surface area (Å²) in [5, 5.41) is 1.01. The molecule has 0 atom stereocenters. The maximum Gasteiger partial charge on any atom is 0.311 e. The van der Waals surface area contributed by atoms with Gasteiger partial charge in [-0.25, -0.2) is 0 Å². The Bertz CT molecular complexity index is 548. The van der Waals surface area contributed by atoms with Gasteiger partial charge in [0.2, 0.25) is 0 Å². The van der Waals surface area contributed by atoms with Crippen molar-refractivity contribution in [2.45, 2.75) is 12.8 Å². The van der Waals surface area contributed by atoms with Crippen LogP contribution in [0.3, 0.4) is 0 Å². The Morgan fingerprint density at radius 3 is 3.07 bits per heavy atom. The molecule has 0 fully saturated rings. The number of benzene rings is 1. The number of ether oxygens (including phenoxy) is 1. The molecule has 74 valence electrons. The fourth-order valence-corrected chi connectivity index (χ4v) is 1.87. The van der Waals surface area contributed by atoms with Crippen LogP contribution in [0.15, 0.2) is 30.5 Å². The van der Waals surface area contributed by atoms with Gasteiger partial charge in [-0.1, -0.05) is 18.2 Å². The van der Waals surface area contributed by atoms with Crippen LogP contribution in [-0.4, -0.2) is 11.0 Å². The van der Waals surface area contributed by atoms with Crippen LogP contribution < -0.4 is 4.74 Å². The average molecular weight is 199 g/mol. The number of aromatic nitrogens is 1. The van der Waals surface area contributed by atoms with E-state index in [1.165, 1.54) is 0 Å². The molecule has 0 N–H and O–H groups in total. The molecular weight excluding hydrogens is 190 g/mol. The number of pyridine rings is 1. The van der Waals surface area contributed by atoms with E-state index in [0.717, 1.165) is 22.9 Å². The summed E-state index contributed by atoms with van der Waals surface area (Å²) in [5.41, 5.74) is 1.85. The number of esters is 1. The monoisotopic (exact) mass is 199 g/mol. The summed E-state index contributed by atoms with van der Waals surface area (Å²) < 4.78 is 5.24. The van der Waals surface area contributed by atoms with Gasteiger partial charge in [0.1, 0.15) is 5.52 Å². The molecule has 0 aliphatic carbocycles. The van der Waals surface area contributed by atoms with Crippen molar-refractivity contribution in [1.29, 1.82) is 0 Å². The Balaban J connectivity index is 2.32. The third kappa shape index (κ3) is 1.28. The van der Waals surface area contributed by atoms with E-state index in [9.17, 15) is 4.79 Å². The van der Waals surface area contributed by atoms with E-state index in [0.29, 0.717) is 12.2 Å². The molecule has 2 heterocycles. The van der Waals surface area contributed by atoms with Gasteiger partial charge >= 0.3 is 5.97 Å². The summed E-state index contributed by atoms with van der Waals surface area (Å²) >= 11 is 0. The zero-order chi connectivity index (χ0) is 10.3. The van der Waals surface area contributed by atoms with Gasteiger partial charge in [0.05, 0.1) is 6.42 Å². The first kappa shape index (κ1) is 8.41. The third-order valence-electron chi connectivity index (χ3n) is 2.62. The van der Waals surface area contributed by atoms with Crippen LogP contribution in [0.2, 0.25) is 0 Å². The van der Waals surface area contributed by atoms with E-state index < -0.39 is 0 Å². The van der Waals surface area contributed by atoms with Gasteiger partial charge in [-0.3, -0.25) is 9.78 Å². The van der Waals surface area contributed by atoms with Crippen molar-refractivity contribution in [2.24, 2.45) is 0 Å². The predicted molar refractivity (Wildman–Crippen MR) is 55.7 cm³/mol. The second-order valence-electron chi connectivity index (χ2n) is 3.60. The van der Waals surface area contributed by atoms with E-state index in [4.69, 9.17) is 4.74 Å². The summed E-state index contributed by atoms with van der Waals surface area (Å²) in [6, 6.07) is 7.86. The van der Waals surface area contributed by atoms with Crippen molar-refractivity contribution < 1.29 is 9.53 Å². The van der Waals surface area contributed by atoms with E-state index in [2.05, 4.69) is 4.98 Å². The zero-order valence-corrected chi connectivity index (χ0v) is 8.06. The van der Waals surface area contributed by atoms with Crippen molar-refractivity contribution in [3.8, 4) is 5.75 Å². The molecule has 2 aromatic rings. The number of nitrogens with zero attached hydrogens (tertiary/aromatic N) is 1. The Kier molecular flexibility index (Phi) is 1.71. The van der Waals surface area contributed by atoms with Crippen LogP contribution in [0.4, 0.5) is 0 Å². The molecule has 0 amide bonds. The van der Waals surface area contributed by atoms with Crippen molar-refractivity contribution in [3.05, 3.63) is 36.0 Å². The lowest BCUT2D eigenvalue weighted by molar-refractivity contribution is -0.135. The quantitative estimate of drug-likeness (QED) is 0.481. The zero-order valence-electron chi connectivity index (χ0n) is 8.06. The highest BCUT2D eigenvalue weighted by molar-refractivity contribution is 5.89. The number of fused-ring (bicyclic) bond motifs is 3. The molecule has 15 heavy (non-hydrogen) atoms. The average Bonchev–Trinajstić information content (AvgIpc) is 2.29. The summed E-state index contributed by atoms with van der Waals surface area (Å²) in [5.74, 6) is 0.477. The van der Waals surface area contributed by atoms with Crippen LogP contribution in [0.5, 0.6) is 5.75 Å². The van der Waals surface area contributed by atoms with Crippen LogP contribution >= 0.6 is 0 Å². The molecule has 0 unspecified atom stereocenters. The maximum absolute atomic E-state index is 11.2.